The van der Waals surface area contributed by atoms with Gasteiger partial charge < -0.3 is 19.3 Å². The van der Waals surface area contributed by atoms with Gasteiger partial charge in [0.25, 0.3) is 0 Å². The summed E-state index contributed by atoms with van der Waals surface area (Å²) >= 11 is 5.83. The van der Waals surface area contributed by atoms with Gasteiger partial charge in [0, 0.05) is 17.1 Å². The van der Waals surface area contributed by atoms with E-state index in [9.17, 15) is 4.79 Å². The number of carbonyl (C=O) groups is 1. The molecule has 26 heavy (non-hydrogen) atoms. The molecule has 1 heterocycles. The van der Waals surface area contributed by atoms with E-state index in [2.05, 4.69) is 15.5 Å². The van der Waals surface area contributed by atoms with Crippen LogP contribution in [0.4, 0.5) is 0 Å². The third kappa shape index (κ3) is 3.94. The van der Waals surface area contributed by atoms with Crippen LogP contribution >= 0.6 is 11.6 Å². The Morgan fingerprint density at radius 3 is 2.54 bits per heavy atom. The van der Waals surface area contributed by atoms with Gasteiger partial charge in [0.2, 0.25) is 5.82 Å². The highest BCUT2D eigenvalue weighted by atomic mass is 35.5. The molecule has 0 unspecified atom stereocenters. The second kappa shape index (κ2) is 7.88. The van der Waals surface area contributed by atoms with Crippen LogP contribution < -0.4 is 14.8 Å². The molecule has 0 saturated carbocycles. The lowest BCUT2D eigenvalue weighted by Crippen LogP contribution is -2.23. The van der Waals surface area contributed by atoms with Gasteiger partial charge in [0.1, 0.15) is 0 Å². The predicted octanol–water partition coefficient (Wildman–Crippen LogP) is 3.34. The first-order chi connectivity index (χ1) is 12.6. The molecule has 1 aromatic heterocycles. The second-order valence-electron chi connectivity index (χ2n) is 5.30. The van der Waals surface area contributed by atoms with Crippen LogP contribution in [0.15, 0.2) is 47.0 Å². The number of ether oxygens (including phenoxy) is 2. The largest absolute Gasteiger partial charge is 0.493 e. The maximum Gasteiger partial charge on any atom is 0.316 e. The summed E-state index contributed by atoms with van der Waals surface area (Å²) in [5.74, 6) is 0.815. The Kier molecular flexibility index (Phi) is 5.38. The van der Waals surface area contributed by atoms with Crippen LogP contribution in [0.5, 0.6) is 11.5 Å². The van der Waals surface area contributed by atoms with E-state index in [1.54, 1.807) is 37.4 Å². The van der Waals surface area contributed by atoms with Gasteiger partial charge in [-0.3, -0.25) is 4.79 Å². The number of nitrogens with one attached hydrogen (secondary N) is 1. The molecule has 0 saturated heterocycles. The van der Waals surface area contributed by atoms with Crippen LogP contribution in [-0.4, -0.2) is 30.3 Å². The van der Waals surface area contributed by atoms with Crippen molar-refractivity contribution >= 4 is 17.5 Å². The van der Waals surface area contributed by atoms with E-state index in [4.69, 9.17) is 25.6 Å². The number of aromatic nitrogens is 2. The van der Waals surface area contributed by atoms with Gasteiger partial charge >= 0.3 is 11.8 Å². The molecule has 0 atom stereocenters. The SMILES string of the molecule is COc1ccc(-c2noc(C(=O)NCc3ccc(Cl)cc3)n2)cc1OC. The van der Waals surface area contributed by atoms with Crippen molar-refractivity contribution in [1.82, 2.24) is 15.5 Å². The first-order valence-electron chi connectivity index (χ1n) is 7.69. The molecule has 1 amide bonds. The molecule has 3 rings (SSSR count). The van der Waals surface area contributed by atoms with Crippen molar-refractivity contribution in [3.8, 4) is 22.9 Å². The summed E-state index contributed by atoms with van der Waals surface area (Å²) in [6, 6.07) is 12.3. The quantitative estimate of drug-likeness (QED) is 0.713. The van der Waals surface area contributed by atoms with Gasteiger partial charge in [0.05, 0.1) is 14.2 Å². The summed E-state index contributed by atoms with van der Waals surface area (Å²) in [4.78, 5) is 16.3. The van der Waals surface area contributed by atoms with Crippen molar-refractivity contribution in [2.45, 2.75) is 6.54 Å². The van der Waals surface area contributed by atoms with E-state index in [0.29, 0.717) is 28.6 Å². The zero-order valence-electron chi connectivity index (χ0n) is 14.2. The molecule has 134 valence electrons. The summed E-state index contributed by atoms with van der Waals surface area (Å²) in [5, 5.41) is 7.20. The average Bonchev–Trinajstić information content (AvgIpc) is 3.17. The molecule has 0 bridgehead atoms. The number of benzene rings is 2. The minimum atomic E-state index is -0.459. The van der Waals surface area contributed by atoms with Crippen molar-refractivity contribution in [2.24, 2.45) is 0 Å². The highest BCUT2D eigenvalue weighted by Crippen LogP contribution is 2.31. The Balaban J connectivity index is 1.70. The van der Waals surface area contributed by atoms with Crippen LogP contribution in [0.1, 0.15) is 16.2 Å². The lowest BCUT2D eigenvalue weighted by Gasteiger charge is -2.07. The van der Waals surface area contributed by atoms with Crippen molar-refractivity contribution in [2.75, 3.05) is 14.2 Å². The first kappa shape index (κ1) is 17.8. The van der Waals surface area contributed by atoms with E-state index in [1.807, 2.05) is 12.1 Å². The van der Waals surface area contributed by atoms with E-state index >= 15 is 0 Å². The van der Waals surface area contributed by atoms with Gasteiger partial charge in [-0.25, -0.2) is 0 Å². The fraction of sp³-hybridized carbons (Fsp3) is 0.167. The summed E-state index contributed by atoms with van der Waals surface area (Å²) in [6.07, 6.45) is 0. The normalized spacial score (nSPS) is 10.4. The molecule has 1 N–H and O–H groups in total. The second-order valence-corrected chi connectivity index (χ2v) is 5.74. The number of hydrogen-bond acceptors (Lipinski definition) is 6. The lowest BCUT2D eigenvalue weighted by atomic mass is 10.2. The first-order valence-corrected chi connectivity index (χ1v) is 8.07. The number of methoxy groups -OCH3 is 2. The number of nitrogens with zero attached hydrogens (tertiary/aromatic N) is 2. The van der Waals surface area contributed by atoms with Gasteiger partial charge in [-0.05, 0) is 35.9 Å². The zero-order chi connectivity index (χ0) is 18.5. The van der Waals surface area contributed by atoms with Gasteiger partial charge in [-0.15, -0.1) is 0 Å². The number of hydrogen-bond donors (Lipinski definition) is 1. The minimum Gasteiger partial charge on any atom is -0.493 e. The molecule has 0 radical (unpaired) electrons. The number of amides is 1. The van der Waals surface area contributed by atoms with E-state index in [-0.39, 0.29) is 11.7 Å². The van der Waals surface area contributed by atoms with Crippen LogP contribution in [0, 0.1) is 0 Å². The molecule has 3 aromatic rings. The molecule has 0 fully saturated rings. The Bertz CT molecular complexity index is 909. The Hall–Kier alpha value is -3.06. The third-order valence-electron chi connectivity index (χ3n) is 3.63. The van der Waals surface area contributed by atoms with Crippen molar-refractivity contribution in [3.05, 3.63) is 58.9 Å². The third-order valence-corrected chi connectivity index (χ3v) is 3.88. The Morgan fingerprint density at radius 2 is 1.85 bits per heavy atom. The van der Waals surface area contributed by atoms with Crippen LogP contribution in [-0.2, 0) is 6.54 Å². The van der Waals surface area contributed by atoms with Crippen molar-refractivity contribution < 1.29 is 18.8 Å². The van der Waals surface area contributed by atoms with Crippen LogP contribution in [0.2, 0.25) is 5.02 Å². The van der Waals surface area contributed by atoms with Crippen LogP contribution in [0.25, 0.3) is 11.4 Å². The summed E-state index contributed by atoms with van der Waals surface area (Å²) < 4.78 is 15.5. The summed E-state index contributed by atoms with van der Waals surface area (Å²) in [7, 11) is 3.09. The lowest BCUT2D eigenvalue weighted by molar-refractivity contribution is 0.0907. The molecule has 0 spiro atoms. The smallest absolute Gasteiger partial charge is 0.316 e. The van der Waals surface area contributed by atoms with Gasteiger partial charge in [-0.2, -0.15) is 4.98 Å². The van der Waals surface area contributed by atoms with E-state index in [0.717, 1.165) is 5.56 Å². The molecule has 8 heteroatoms. The molecule has 0 aliphatic rings. The molecular weight excluding hydrogens is 358 g/mol. The number of halogens is 1. The number of carbonyl (C=O) groups excluding carboxylic acids is 1. The van der Waals surface area contributed by atoms with Crippen molar-refractivity contribution in [3.63, 3.8) is 0 Å². The number of rotatable bonds is 6. The average molecular weight is 374 g/mol. The fourth-order valence-electron chi connectivity index (χ4n) is 2.27. The van der Waals surface area contributed by atoms with Crippen LogP contribution in [0.3, 0.4) is 0 Å². The fourth-order valence-corrected chi connectivity index (χ4v) is 2.39. The molecule has 2 aromatic carbocycles. The highest BCUT2D eigenvalue weighted by Gasteiger charge is 2.17. The minimum absolute atomic E-state index is 0.122. The predicted molar refractivity (Wildman–Crippen MR) is 95.5 cm³/mol. The molecule has 0 aliphatic heterocycles. The van der Waals surface area contributed by atoms with Gasteiger partial charge in [0.15, 0.2) is 11.5 Å². The summed E-state index contributed by atoms with van der Waals surface area (Å²) in [5.41, 5.74) is 1.55. The Morgan fingerprint density at radius 1 is 1.12 bits per heavy atom. The zero-order valence-corrected chi connectivity index (χ0v) is 14.9. The molecular formula is C18H16ClN3O4. The maximum absolute atomic E-state index is 12.2. The molecule has 7 nitrogen and oxygen atoms in total. The monoisotopic (exact) mass is 373 g/mol. The van der Waals surface area contributed by atoms with Crippen molar-refractivity contribution in [1.29, 1.82) is 0 Å². The maximum atomic E-state index is 12.2. The highest BCUT2D eigenvalue weighted by molar-refractivity contribution is 6.30. The Labute approximate surface area is 154 Å². The van der Waals surface area contributed by atoms with E-state index in [1.165, 1.54) is 7.11 Å². The van der Waals surface area contributed by atoms with Gasteiger partial charge in [-0.1, -0.05) is 28.9 Å². The molecule has 0 aliphatic carbocycles. The summed E-state index contributed by atoms with van der Waals surface area (Å²) in [6.45, 7) is 0.323. The topological polar surface area (TPSA) is 86.5 Å². The standard InChI is InChI=1S/C18H16ClN3O4/c1-24-14-8-5-12(9-15(14)25-2)16-21-18(26-22-16)17(23)20-10-11-3-6-13(19)7-4-11/h3-9H,10H2,1-2H3,(H,20,23). The van der Waals surface area contributed by atoms with E-state index < -0.39 is 5.91 Å².